The smallest absolute Gasteiger partial charge is 0.291 e. The highest BCUT2D eigenvalue weighted by molar-refractivity contribution is 5.69. The molecule has 0 atom stereocenters. The van der Waals surface area contributed by atoms with Crippen LogP contribution in [0.25, 0.3) is 0 Å². The van der Waals surface area contributed by atoms with Crippen LogP contribution < -0.4 is 16.5 Å². The molecule has 1 aliphatic carbocycles. The van der Waals surface area contributed by atoms with Crippen LogP contribution in [0.5, 0.6) is 0 Å². The van der Waals surface area contributed by atoms with Crippen molar-refractivity contribution in [2.24, 2.45) is 11.5 Å². The van der Waals surface area contributed by atoms with Gasteiger partial charge in [-0.3, -0.25) is 16.5 Å². The molecular weight excluding hydrogens is 114 g/mol. The van der Waals surface area contributed by atoms with E-state index in [1.54, 1.807) is 0 Å². The van der Waals surface area contributed by atoms with Crippen LogP contribution in [-0.2, 0) is 0 Å². The summed E-state index contributed by atoms with van der Waals surface area (Å²) in [6.45, 7) is 0. The second-order valence-corrected chi connectivity index (χ2v) is 2.58. The van der Waals surface area contributed by atoms with E-state index in [1.807, 2.05) is 0 Å². The molecule has 1 aliphatic rings. The van der Waals surface area contributed by atoms with E-state index >= 15 is 0 Å². The lowest BCUT2D eigenvalue weighted by molar-refractivity contribution is -0.502. The second-order valence-electron chi connectivity index (χ2n) is 2.58. The molecule has 0 bridgehead atoms. The average molecular weight is 128 g/mol. The van der Waals surface area contributed by atoms with Gasteiger partial charge in [-0.2, -0.15) is 0 Å². The molecule has 0 saturated heterocycles. The zero-order valence-corrected chi connectivity index (χ0v) is 5.56. The van der Waals surface area contributed by atoms with Gasteiger partial charge in [0, 0.05) is 0 Å². The summed E-state index contributed by atoms with van der Waals surface area (Å²) in [6.07, 6.45) is 5.06. The summed E-state index contributed by atoms with van der Waals surface area (Å²) in [5.74, 6) is 0.363. The molecule has 0 aromatic carbocycles. The van der Waals surface area contributed by atoms with Gasteiger partial charge in [0.1, 0.15) is 0 Å². The van der Waals surface area contributed by atoms with Crippen LogP contribution in [0.3, 0.4) is 0 Å². The van der Waals surface area contributed by atoms with E-state index in [-0.39, 0.29) is 0 Å². The Morgan fingerprint density at radius 2 is 1.78 bits per heavy atom. The highest BCUT2D eigenvalue weighted by atomic mass is 15.0. The minimum atomic E-state index is 0.363. The largest absolute Gasteiger partial charge is 0.338 e. The molecule has 0 aliphatic heterocycles. The molecule has 0 heterocycles. The Balaban J connectivity index is 2.35. The fourth-order valence-corrected chi connectivity index (χ4v) is 1.31. The maximum absolute atomic E-state index is 5.26. The van der Waals surface area contributed by atoms with Crippen LogP contribution >= 0.6 is 0 Å². The van der Waals surface area contributed by atoms with E-state index < -0.39 is 0 Å². The maximum Gasteiger partial charge on any atom is 0.338 e. The van der Waals surface area contributed by atoms with Crippen molar-refractivity contribution in [1.82, 2.24) is 0 Å². The van der Waals surface area contributed by atoms with E-state index in [0.29, 0.717) is 12.0 Å². The molecule has 0 radical (unpaired) electrons. The minimum absolute atomic E-state index is 0.363. The normalized spacial score (nSPS) is 20.0. The lowest BCUT2D eigenvalue weighted by Crippen LogP contribution is -2.83. The first-order chi connectivity index (χ1) is 4.29. The number of guanidine groups is 1. The summed E-state index contributed by atoms with van der Waals surface area (Å²) in [5, 5.41) is 0. The summed E-state index contributed by atoms with van der Waals surface area (Å²) in [5.41, 5.74) is 10.5. The van der Waals surface area contributed by atoms with E-state index in [9.17, 15) is 0 Å². The summed E-state index contributed by atoms with van der Waals surface area (Å²) >= 11 is 0. The SMILES string of the molecule is NC(N)=[NH+]C1CCCC1. The molecular formula is C6H14N3+. The minimum Gasteiger partial charge on any atom is -0.291 e. The number of rotatable bonds is 1. The van der Waals surface area contributed by atoms with Gasteiger partial charge in [0.05, 0.1) is 6.04 Å². The zero-order chi connectivity index (χ0) is 6.69. The lowest BCUT2D eigenvalue weighted by Gasteiger charge is -1.97. The topological polar surface area (TPSA) is 66.0 Å². The van der Waals surface area contributed by atoms with Gasteiger partial charge in [-0.25, -0.2) is 0 Å². The zero-order valence-electron chi connectivity index (χ0n) is 5.56. The van der Waals surface area contributed by atoms with Crippen molar-refractivity contribution in [2.75, 3.05) is 0 Å². The highest BCUT2D eigenvalue weighted by Crippen LogP contribution is 2.13. The van der Waals surface area contributed by atoms with Crippen molar-refractivity contribution in [3.8, 4) is 0 Å². The maximum atomic E-state index is 5.26. The monoisotopic (exact) mass is 128 g/mol. The van der Waals surface area contributed by atoms with E-state index in [4.69, 9.17) is 11.5 Å². The Labute approximate surface area is 55.1 Å². The molecule has 0 aromatic heterocycles. The van der Waals surface area contributed by atoms with Crippen molar-refractivity contribution in [3.05, 3.63) is 0 Å². The molecule has 3 nitrogen and oxygen atoms in total. The average Bonchev–Trinajstić information content (AvgIpc) is 2.15. The van der Waals surface area contributed by atoms with E-state index in [0.717, 1.165) is 0 Å². The van der Waals surface area contributed by atoms with Gasteiger partial charge in [0.25, 0.3) is 0 Å². The molecule has 0 spiro atoms. The Kier molecular flexibility index (Phi) is 1.92. The van der Waals surface area contributed by atoms with Crippen LogP contribution in [0.1, 0.15) is 25.7 Å². The molecule has 0 aromatic rings. The van der Waals surface area contributed by atoms with Crippen LogP contribution in [0.2, 0.25) is 0 Å². The van der Waals surface area contributed by atoms with Crippen molar-refractivity contribution < 1.29 is 4.99 Å². The van der Waals surface area contributed by atoms with Gasteiger partial charge >= 0.3 is 5.96 Å². The van der Waals surface area contributed by atoms with Crippen molar-refractivity contribution in [2.45, 2.75) is 31.7 Å². The lowest BCUT2D eigenvalue weighted by atomic mass is 10.3. The van der Waals surface area contributed by atoms with Gasteiger partial charge in [-0.1, -0.05) is 0 Å². The van der Waals surface area contributed by atoms with Crippen molar-refractivity contribution in [3.63, 3.8) is 0 Å². The fourth-order valence-electron chi connectivity index (χ4n) is 1.31. The van der Waals surface area contributed by atoms with Gasteiger partial charge in [-0.15, -0.1) is 0 Å². The molecule has 0 unspecified atom stereocenters. The third-order valence-electron chi connectivity index (χ3n) is 1.73. The Morgan fingerprint density at radius 3 is 2.22 bits per heavy atom. The van der Waals surface area contributed by atoms with Crippen LogP contribution in [0.4, 0.5) is 0 Å². The quantitative estimate of drug-likeness (QED) is 0.290. The fraction of sp³-hybridized carbons (Fsp3) is 0.833. The Hall–Kier alpha value is -0.730. The number of nitrogens with two attached hydrogens (primary N) is 2. The molecule has 1 rings (SSSR count). The van der Waals surface area contributed by atoms with E-state index in [1.165, 1.54) is 25.7 Å². The van der Waals surface area contributed by atoms with Gasteiger partial charge < -0.3 is 0 Å². The third-order valence-corrected chi connectivity index (χ3v) is 1.73. The predicted octanol–water partition coefficient (Wildman–Crippen LogP) is -1.72. The first-order valence-corrected chi connectivity index (χ1v) is 3.43. The van der Waals surface area contributed by atoms with Gasteiger partial charge in [0.15, 0.2) is 0 Å². The van der Waals surface area contributed by atoms with Crippen LogP contribution in [-0.4, -0.2) is 12.0 Å². The van der Waals surface area contributed by atoms with Crippen LogP contribution in [0.15, 0.2) is 0 Å². The summed E-state index contributed by atoms with van der Waals surface area (Å²) in [6, 6.07) is 0.551. The molecule has 0 amide bonds. The molecule has 1 fully saturated rings. The number of nitrogens with one attached hydrogen (secondary N) is 1. The predicted molar refractivity (Wildman–Crippen MR) is 36.6 cm³/mol. The van der Waals surface area contributed by atoms with Crippen LogP contribution in [0, 0.1) is 0 Å². The molecule has 5 N–H and O–H groups in total. The van der Waals surface area contributed by atoms with Gasteiger partial charge in [-0.05, 0) is 25.7 Å². The summed E-state index contributed by atoms with van der Waals surface area (Å²) in [4.78, 5) is 3.01. The van der Waals surface area contributed by atoms with Crippen molar-refractivity contribution in [1.29, 1.82) is 0 Å². The number of hydrogen-bond donors (Lipinski definition) is 3. The Morgan fingerprint density at radius 1 is 1.22 bits per heavy atom. The summed E-state index contributed by atoms with van der Waals surface area (Å²) in [7, 11) is 0. The van der Waals surface area contributed by atoms with Crippen molar-refractivity contribution >= 4 is 5.96 Å². The molecule has 52 valence electrons. The second kappa shape index (κ2) is 2.71. The standard InChI is InChI=1S/C6H13N3/c7-6(8)9-5-3-1-2-4-5/h5H,1-4H2,(H4,7,8,9)/p+1. The van der Waals surface area contributed by atoms with E-state index in [2.05, 4.69) is 4.99 Å². The number of hydrogen-bond acceptors (Lipinski definition) is 0. The first-order valence-electron chi connectivity index (χ1n) is 3.43. The first kappa shape index (κ1) is 6.39. The summed E-state index contributed by atoms with van der Waals surface area (Å²) < 4.78 is 0. The Bertz CT molecular complexity index is 109. The van der Waals surface area contributed by atoms with Gasteiger partial charge in [0.2, 0.25) is 0 Å². The third kappa shape index (κ3) is 1.91. The molecule has 3 heteroatoms. The highest BCUT2D eigenvalue weighted by Gasteiger charge is 2.14. The molecule has 9 heavy (non-hydrogen) atoms. The molecule has 1 saturated carbocycles.